The van der Waals surface area contributed by atoms with Crippen LogP contribution in [-0.4, -0.2) is 19.0 Å². The van der Waals surface area contributed by atoms with Gasteiger partial charge in [-0.25, -0.2) is 4.57 Å². The number of aryl methyl sites for hydroxylation is 1. The number of hydrogen-bond acceptors (Lipinski definition) is 4. The Balaban J connectivity index is 2.40. The van der Waals surface area contributed by atoms with E-state index in [1.165, 1.54) is 16.9 Å². The molecule has 0 bridgehead atoms. The van der Waals surface area contributed by atoms with Gasteiger partial charge in [0, 0.05) is 5.75 Å². The molecule has 0 aliphatic heterocycles. The van der Waals surface area contributed by atoms with Crippen molar-refractivity contribution in [2.75, 3.05) is 19.0 Å². The van der Waals surface area contributed by atoms with Gasteiger partial charge < -0.3 is 9.05 Å². The molecule has 0 spiro atoms. The predicted molar refractivity (Wildman–Crippen MR) is 73.5 cm³/mol. The highest BCUT2D eigenvalue weighted by atomic mass is 32.7. The van der Waals surface area contributed by atoms with Gasteiger partial charge in [0.05, 0.1) is 13.2 Å². The minimum atomic E-state index is -2.94. The molecule has 0 saturated carbocycles. The molecule has 1 rings (SSSR count). The van der Waals surface area contributed by atoms with Crippen molar-refractivity contribution in [2.24, 2.45) is 0 Å². The lowest BCUT2D eigenvalue weighted by molar-refractivity contribution is 0.237. The summed E-state index contributed by atoms with van der Waals surface area (Å²) in [5, 5.41) is 0. The highest BCUT2D eigenvalue weighted by Gasteiger charge is 2.23. The molecular formula is C12H19O3PS. The Kier molecular flexibility index (Phi) is 6.90. The molecule has 5 heteroatoms. The van der Waals surface area contributed by atoms with Gasteiger partial charge in [-0.05, 0) is 37.2 Å². The lowest BCUT2D eigenvalue weighted by atomic mass is 10.2. The van der Waals surface area contributed by atoms with Crippen molar-refractivity contribution in [1.82, 2.24) is 0 Å². The van der Waals surface area contributed by atoms with Crippen molar-refractivity contribution >= 4 is 18.2 Å². The number of rotatable bonds is 8. The van der Waals surface area contributed by atoms with Crippen LogP contribution in [0.15, 0.2) is 30.3 Å². The second kappa shape index (κ2) is 7.93. The molecule has 0 fully saturated rings. The summed E-state index contributed by atoms with van der Waals surface area (Å²) >= 11 is 1.28. The van der Waals surface area contributed by atoms with E-state index in [4.69, 9.17) is 9.05 Å². The van der Waals surface area contributed by atoms with Gasteiger partial charge in [0.15, 0.2) is 0 Å². The van der Waals surface area contributed by atoms with Crippen molar-refractivity contribution in [3.63, 3.8) is 0 Å². The molecule has 0 amide bonds. The summed E-state index contributed by atoms with van der Waals surface area (Å²) in [5.74, 6) is 0.737. The average Bonchev–Trinajstić information content (AvgIpc) is 2.31. The average molecular weight is 274 g/mol. The Labute approximate surface area is 107 Å². The zero-order valence-corrected chi connectivity index (χ0v) is 12.0. The van der Waals surface area contributed by atoms with E-state index in [-0.39, 0.29) is 0 Å². The van der Waals surface area contributed by atoms with E-state index < -0.39 is 6.80 Å². The fraction of sp³-hybridized carbons (Fsp3) is 0.500. The van der Waals surface area contributed by atoms with E-state index in [9.17, 15) is 4.57 Å². The minimum Gasteiger partial charge on any atom is -0.301 e. The maximum atomic E-state index is 12.1. The fourth-order valence-electron chi connectivity index (χ4n) is 1.35. The molecule has 0 unspecified atom stereocenters. The number of benzene rings is 1. The summed E-state index contributed by atoms with van der Waals surface area (Å²) < 4.78 is 22.5. The second-order valence-corrected chi connectivity index (χ2v) is 7.55. The van der Waals surface area contributed by atoms with Gasteiger partial charge in [-0.3, -0.25) is 0 Å². The normalized spacial score (nSPS) is 11.6. The third-order valence-corrected chi connectivity index (χ3v) is 6.04. The highest BCUT2D eigenvalue weighted by molar-refractivity contribution is 8.55. The summed E-state index contributed by atoms with van der Waals surface area (Å²) in [4.78, 5) is 0. The maximum absolute atomic E-state index is 12.1. The first-order chi connectivity index (χ1) is 8.20. The molecule has 0 radical (unpaired) electrons. The SMILES string of the molecule is CCOP(=O)(OCC)SCCc1ccccc1. The summed E-state index contributed by atoms with van der Waals surface area (Å²) in [7, 11) is 0. The molecule has 1 aromatic rings. The predicted octanol–water partition coefficient (Wildman–Crippen LogP) is 4.14. The van der Waals surface area contributed by atoms with Gasteiger partial charge in [0.1, 0.15) is 0 Å². The molecule has 96 valence electrons. The first-order valence-corrected chi connectivity index (χ1v) is 8.91. The van der Waals surface area contributed by atoms with Crippen LogP contribution >= 0.6 is 18.2 Å². The van der Waals surface area contributed by atoms with Gasteiger partial charge in [0.2, 0.25) is 0 Å². The summed E-state index contributed by atoms with van der Waals surface area (Å²) in [6.07, 6.45) is 0.871. The zero-order chi connectivity index (χ0) is 12.6. The second-order valence-electron chi connectivity index (χ2n) is 3.35. The monoisotopic (exact) mass is 274 g/mol. The maximum Gasteiger partial charge on any atom is 0.389 e. The Morgan fingerprint density at radius 1 is 1.12 bits per heavy atom. The molecule has 0 aliphatic carbocycles. The smallest absolute Gasteiger partial charge is 0.301 e. The molecule has 0 aliphatic rings. The topological polar surface area (TPSA) is 35.5 Å². The molecule has 0 saturated heterocycles. The quantitative estimate of drug-likeness (QED) is 0.667. The summed E-state index contributed by atoms with van der Waals surface area (Å²) in [6.45, 7) is 1.53. The van der Waals surface area contributed by atoms with Crippen molar-refractivity contribution < 1.29 is 13.6 Å². The molecule has 0 atom stereocenters. The van der Waals surface area contributed by atoms with E-state index in [0.29, 0.717) is 13.2 Å². The Hall–Kier alpha value is -0.280. The van der Waals surface area contributed by atoms with Gasteiger partial charge >= 0.3 is 6.80 Å². The van der Waals surface area contributed by atoms with E-state index >= 15 is 0 Å². The van der Waals surface area contributed by atoms with Crippen LogP contribution in [0, 0.1) is 0 Å². The Morgan fingerprint density at radius 2 is 1.71 bits per heavy atom. The van der Waals surface area contributed by atoms with Crippen LogP contribution < -0.4 is 0 Å². The molecule has 3 nitrogen and oxygen atoms in total. The van der Waals surface area contributed by atoms with Crippen LogP contribution in [0.3, 0.4) is 0 Å². The van der Waals surface area contributed by atoms with Gasteiger partial charge in [-0.1, -0.05) is 30.3 Å². The molecule has 0 N–H and O–H groups in total. The van der Waals surface area contributed by atoms with Crippen molar-refractivity contribution in [3.05, 3.63) is 35.9 Å². The lowest BCUT2D eigenvalue weighted by Crippen LogP contribution is -1.95. The van der Waals surface area contributed by atoms with Gasteiger partial charge in [0.25, 0.3) is 0 Å². The van der Waals surface area contributed by atoms with Crippen LogP contribution in [0.4, 0.5) is 0 Å². The number of hydrogen-bond donors (Lipinski definition) is 0. The van der Waals surface area contributed by atoms with E-state index in [1.807, 2.05) is 32.0 Å². The van der Waals surface area contributed by atoms with Crippen LogP contribution in [0.1, 0.15) is 19.4 Å². The highest BCUT2D eigenvalue weighted by Crippen LogP contribution is 2.60. The molecule has 0 heterocycles. The Morgan fingerprint density at radius 3 is 2.24 bits per heavy atom. The minimum absolute atomic E-state index is 0.412. The third-order valence-electron chi connectivity index (χ3n) is 2.06. The van der Waals surface area contributed by atoms with E-state index in [1.54, 1.807) is 0 Å². The van der Waals surface area contributed by atoms with Crippen LogP contribution in [-0.2, 0) is 20.0 Å². The first-order valence-electron chi connectivity index (χ1n) is 5.77. The van der Waals surface area contributed by atoms with E-state index in [0.717, 1.165) is 12.2 Å². The van der Waals surface area contributed by atoms with E-state index in [2.05, 4.69) is 12.1 Å². The van der Waals surface area contributed by atoms with Gasteiger partial charge in [-0.2, -0.15) is 0 Å². The van der Waals surface area contributed by atoms with Gasteiger partial charge in [-0.15, -0.1) is 0 Å². The zero-order valence-electron chi connectivity index (χ0n) is 10.3. The van der Waals surface area contributed by atoms with Crippen molar-refractivity contribution in [1.29, 1.82) is 0 Å². The first kappa shape index (κ1) is 14.8. The van der Waals surface area contributed by atoms with Crippen LogP contribution in [0.25, 0.3) is 0 Å². The summed E-state index contributed by atoms with van der Waals surface area (Å²) in [6, 6.07) is 10.1. The largest absolute Gasteiger partial charge is 0.389 e. The van der Waals surface area contributed by atoms with Crippen molar-refractivity contribution in [3.8, 4) is 0 Å². The van der Waals surface area contributed by atoms with Crippen LogP contribution in [0.5, 0.6) is 0 Å². The molecule has 0 aromatic heterocycles. The standard InChI is InChI=1S/C12H19O3PS/c1-3-14-16(13,15-4-2)17-11-10-12-8-6-5-7-9-12/h5-9H,3-4,10-11H2,1-2H3. The fourth-order valence-corrected chi connectivity index (χ4v) is 4.78. The van der Waals surface area contributed by atoms with Crippen molar-refractivity contribution in [2.45, 2.75) is 20.3 Å². The summed E-state index contributed by atoms with van der Waals surface area (Å²) in [5.41, 5.74) is 1.24. The lowest BCUT2D eigenvalue weighted by Gasteiger charge is -2.15. The molecule has 1 aromatic carbocycles. The Bertz CT molecular complexity index is 346. The van der Waals surface area contributed by atoms with Crippen LogP contribution in [0.2, 0.25) is 0 Å². The molecule has 17 heavy (non-hydrogen) atoms. The third kappa shape index (κ3) is 5.73. The molecular weight excluding hydrogens is 255 g/mol.